The molecule has 0 aliphatic rings. The molecular formula is C9H20N2O2. The number of carbonyl (C=O) groups is 1. The Balaban J connectivity index is 3.45. The van der Waals surface area contributed by atoms with E-state index in [9.17, 15) is 9.90 Å². The topological polar surface area (TPSA) is 52.6 Å². The van der Waals surface area contributed by atoms with Gasteiger partial charge in [0, 0.05) is 19.5 Å². The third kappa shape index (κ3) is 7.74. The molecule has 0 aromatic carbocycles. The fourth-order valence-electron chi connectivity index (χ4n) is 1.03. The van der Waals surface area contributed by atoms with Gasteiger partial charge in [-0.25, -0.2) is 0 Å². The third-order valence-corrected chi connectivity index (χ3v) is 1.59. The summed E-state index contributed by atoms with van der Waals surface area (Å²) in [7, 11) is 3.77. The van der Waals surface area contributed by atoms with Crippen LogP contribution in [0.4, 0.5) is 0 Å². The van der Waals surface area contributed by atoms with Crippen molar-refractivity contribution in [2.45, 2.75) is 25.9 Å². The number of nitrogens with one attached hydrogen (secondary N) is 1. The second-order valence-electron chi connectivity index (χ2n) is 3.47. The number of aliphatic hydroxyl groups excluding tert-OH is 1. The SMILES string of the molecule is CCCC(=O)NCC(O)CN(C)C. The summed E-state index contributed by atoms with van der Waals surface area (Å²) in [6.07, 6.45) is 0.903. The van der Waals surface area contributed by atoms with Crippen molar-refractivity contribution in [3.63, 3.8) is 0 Å². The quantitative estimate of drug-likeness (QED) is 0.608. The Bertz CT molecular complexity index is 149. The molecule has 0 saturated carbocycles. The van der Waals surface area contributed by atoms with Crippen molar-refractivity contribution >= 4 is 5.91 Å². The van der Waals surface area contributed by atoms with Crippen molar-refractivity contribution in [3.8, 4) is 0 Å². The van der Waals surface area contributed by atoms with E-state index in [1.165, 1.54) is 0 Å². The van der Waals surface area contributed by atoms with E-state index in [0.717, 1.165) is 6.42 Å². The number of carbonyl (C=O) groups excluding carboxylic acids is 1. The predicted octanol–water partition coefficient (Wildman–Crippen LogP) is -0.175. The molecule has 0 aromatic rings. The molecule has 13 heavy (non-hydrogen) atoms. The van der Waals surface area contributed by atoms with E-state index >= 15 is 0 Å². The molecule has 0 spiro atoms. The maximum atomic E-state index is 11.0. The van der Waals surface area contributed by atoms with Gasteiger partial charge in [0.15, 0.2) is 0 Å². The number of rotatable bonds is 6. The van der Waals surface area contributed by atoms with Gasteiger partial charge in [-0.1, -0.05) is 6.92 Å². The van der Waals surface area contributed by atoms with E-state index < -0.39 is 6.10 Å². The molecule has 0 heterocycles. The minimum absolute atomic E-state index is 0.0142. The first-order chi connectivity index (χ1) is 6.06. The molecule has 0 fully saturated rings. The van der Waals surface area contributed by atoms with Crippen LogP contribution in [0.3, 0.4) is 0 Å². The highest BCUT2D eigenvalue weighted by Gasteiger charge is 2.06. The highest BCUT2D eigenvalue weighted by molar-refractivity contribution is 5.75. The van der Waals surface area contributed by atoms with Gasteiger partial charge in [-0.2, -0.15) is 0 Å². The summed E-state index contributed by atoms with van der Waals surface area (Å²) >= 11 is 0. The summed E-state index contributed by atoms with van der Waals surface area (Å²) in [5.41, 5.74) is 0. The van der Waals surface area contributed by atoms with Crippen LogP contribution in [0.2, 0.25) is 0 Å². The van der Waals surface area contributed by atoms with Crippen LogP contribution >= 0.6 is 0 Å². The molecule has 4 nitrogen and oxygen atoms in total. The van der Waals surface area contributed by atoms with E-state index in [1.807, 2.05) is 25.9 Å². The number of hydrogen-bond donors (Lipinski definition) is 2. The van der Waals surface area contributed by atoms with E-state index in [2.05, 4.69) is 5.32 Å². The molecule has 0 saturated heterocycles. The van der Waals surface area contributed by atoms with Gasteiger partial charge in [0.05, 0.1) is 6.10 Å². The van der Waals surface area contributed by atoms with Gasteiger partial charge < -0.3 is 15.3 Å². The molecule has 0 aliphatic carbocycles. The fourth-order valence-corrected chi connectivity index (χ4v) is 1.03. The summed E-state index contributed by atoms with van der Waals surface area (Å²) in [6, 6.07) is 0. The van der Waals surface area contributed by atoms with E-state index in [1.54, 1.807) is 0 Å². The van der Waals surface area contributed by atoms with Crippen LogP contribution in [-0.4, -0.2) is 49.2 Å². The zero-order chi connectivity index (χ0) is 10.3. The summed E-state index contributed by atoms with van der Waals surface area (Å²) in [4.78, 5) is 12.9. The molecule has 0 rings (SSSR count). The summed E-state index contributed by atoms with van der Waals surface area (Å²) in [6.45, 7) is 2.87. The van der Waals surface area contributed by atoms with Gasteiger partial charge in [0.2, 0.25) is 5.91 Å². The Morgan fingerprint density at radius 3 is 2.62 bits per heavy atom. The van der Waals surface area contributed by atoms with Gasteiger partial charge >= 0.3 is 0 Å². The normalized spacial score (nSPS) is 13.0. The molecule has 1 unspecified atom stereocenters. The van der Waals surface area contributed by atoms with Gasteiger partial charge in [0.1, 0.15) is 0 Å². The van der Waals surface area contributed by atoms with Gasteiger partial charge in [-0.3, -0.25) is 4.79 Å². The Morgan fingerprint density at radius 1 is 1.54 bits per heavy atom. The molecule has 78 valence electrons. The van der Waals surface area contributed by atoms with E-state index in [-0.39, 0.29) is 5.91 Å². The first-order valence-electron chi connectivity index (χ1n) is 4.65. The molecule has 0 aromatic heterocycles. The number of amides is 1. The second kappa shape index (κ2) is 6.86. The zero-order valence-corrected chi connectivity index (χ0v) is 8.71. The predicted molar refractivity (Wildman–Crippen MR) is 52.5 cm³/mol. The Hall–Kier alpha value is -0.610. The van der Waals surface area contributed by atoms with E-state index in [4.69, 9.17) is 0 Å². The van der Waals surface area contributed by atoms with Crippen molar-refractivity contribution < 1.29 is 9.90 Å². The molecule has 0 bridgehead atoms. The zero-order valence-electron chi connectivity index (χ0n) is 8.71. The van der Waals surface area contributed by atoms with Crippen LogP contribution in [0.25, 0.3) is 0 Å². The number of aliphatic hydroxyl groups is 1. The van der Waals surface area contributed by atoms with Gasteiger partial charge in [-0.15, -0.1) is 0 Å². The Kier molecular flexibility index (Phi) is 6.54. The lowest BCUT2D eigenvalue weighted by Gasteiger charge is -2.16. The average Bonchev–Trinajstić information content (AvgIpc) is 2.00. The van der Waals surface area contributed by atoms with Crippen molar-refractivity contribution in [1.82, 2.24) is 10.2 Å². The molecule has 0 aliphatic heterocycles. The smallest absolute Gasteiger partial charge is 0.220 e. The summed E-state index contributed by atoms with van der Waals surface area (Å²) < 4.78 is 0. The highest BCUT2D eigenvalue weighted by Crippen LogP contribution is 1.88. The molecule has 4 heteroatoms. The maximum Gasteiger partial charge on any atom is 0.220 e. The lowest BCUT2D eigenvalue weighted by molar-refractivity contribution is -0.121. The van der Waals surface area contributed by atoms with Crippen molar-refractivity contribution in [2.24, 2.45) is 0 Å². The van der Waals surface area contributed by atoms with Crippen LogP contribution in [0, 0.1) is 0 Å². The van der Waals surface area contributed by atoms with Crippen molar-refractivity contribution in [1.29, 1.82) is 0 Å². The molecule has 1 amide bonds. The van der Waals surface area contributed by atoms with Crippen LogP contribution in [0.15, 0.2) is 0 Å². The average molecular weight is 188 g/mol. The Morgan fingerprint density at radius 2 is 2.15 bits per heavy atom. The van der Waals surface area contributed by atoms with Gasteiger partial charge in [0.25, 0.3) is 0 Å². The molecular weight excluding hydrogens is 168 g/mol. The monoisotopic (exact) mass is 188 g/mol. The molecule has 0 radical (unpaired) electrons. The largest absolute Gasteiger partial charge is 0.390 e. The first-order valence-corrected chi connectivity index (χ1v) is 4.65. The number of likely N-dealkylation sites (N-methyl/N-ethyl adjacent to an activating group) is 1. The second-order valence-corrected chi connectivity index (χ2v) is 3.47. The highest BCUT2D eigenvalue weighted by atomic mass is 16.3. The minimum Gasteiger partial charge on any atom is -0.390 e. The van der Waals surface area contributed by atoms with Crippen molar-refractivity contribution in [2.75, 3.05) is 27.2 Å². The summed E-state index contributed by atoms with van der Waals surface area (Å²) in [5.74, 6) is 0.0142. The maximum absolute atomic E-state index is 11.0. The van der Waals surface area contributed by atoms with Gasteiger partial charge in [-0.05, 0) is 20.5 Å². The third-order valence-electron chi connectivity index (χ3n) is 1.59. The van der Waals surface area contributed by atoms with E-state index in [0.29, 0.717) is 19.5 Å². The van der Waals surface area contributed by atoms with Crippen LogP contribution in [0.1, 0.15) is 19.8 Å². The number of nitrogens with zero attached hydrogens (tertiary/aromatic N) is 1. The Labute approximate surface area is 79.9 Å². The number of hydrogen-bond acceptors (Lipinski definition) is 3. The van der Waals surface area contributed by atoms with Crippen LogP contribution in [-0.2, 0) is 4.79 Å². The molecule has 1 atom stereocenters. The lowest BCUT2D eigenvalue weighted by atomic mass is 10.3. The summed E-state index contributed by atoms with van der Waals surface area (Å²) in [5, 5.41) is 12.1. The lowest BCUT2D eigenvalue weighted by Crippen LogP contribution is -2.37. The first kappa shape index (κ1) is 12.4. The standard InChI is InChI=1S/C9H20N2O2/c1-4-5-9(13)10-6-8(12)7-11(2)3/h8,12H,4-7H2,1-3H3,(H,10,13). The van der Waals surface area contributed by atoms with Crippen LogP contribution < -0.4 is 5.32 Å². The van der Waals surface area contributed by atoms with Crippen molar-refractivity contribution in [3.05, 3.63) is 0 Å². The molecule has 2 N–H and O–H groups in total. The minimum atomic E-state index is -0.476. The fraction of sp³-hybridized carbons (Fsp3) is 0.889. The van der Waals surface area contributed by atoms with Crippen LogP contribution in [0.5, 0.6) is 0 Å².